The number of benzene rings is 1. The minimum absolute atomic E-state index is 0.0270. The smallest absolute Gasteiger partial charge is 0.253 e. The van der Waals surface area contributed by atoms with Gasteiger partial charge in [-0.3, -0.25) is 4.79 Å². The van der Waals surface area contributed by atoms with E-state index in [9.17, 15) is 4.79 Å². The lowest BCUT2D eigenvalue weighted by molar-refractivity contribution is -0.126. The predicted molar refractivity (Wildman–Crippen MR) is 113 cm³/mol. The van der Waals surface area contributed by atoms with Crippen LogP contribution in [0, 0.1) is 11.8 Å². The lowest BCUT2D eigenvalue weighted by Crippen LogP contribution is -2.50. The SMILES string of the molecule is O=C(c1ccc2[nH]ccc2c1)N1CCC2(CC1)CC(CCOCC1CC1)CCO2. The van der Waals surface area contributed by atoms with Crippen molar-refractivity contribution in [1.82, 2.24) is 9.88 Å². The summed E-state index contributed by atoms with van der Waals surface area (Å²) in [5.41, 5.74) is 1.83. The van der Waals surface area contributed by atoms with E-state index in [1.165, 1.54) is 12.8 Å². The summed E-state index contributed by atoms with van der Waals surface area (Å²) in [6.45, 7) is 4.28. The Kier molecular flexibility index (Phi) is 5.35. The molecule has 3 fully saturated rings. The molecule has 5 rings (SSSR count). The molecule has 0 radical (unpaired) electrons. The number of aromatic amines is 1. The van der Waals surface area contributed by atoms with Crippen LogP contribution < -0.4 is 0 Å². The standard InChI is InChI=1S/C24H32N2O3/c27-23(21-3-4-22-20(15-21)5-10-25-22)26-11-8-24(9-12-26)16-18(7-14-29-24)6-13-28-17-19-1-2-19/h3-5,10,15,18-19,25H,1-2,6-9,11-14,16-17H2. The van der Waals surface area contributed by atoms with Crippen LogP contribution in [-0.2, 0) is 9.47 Å². The molecule has 1 aromatic heterocycles. The lowest BCUT2D eigenvalue weighted by Gasteiger charge is -2.46. The second-order valence-corrected chi connectivity index (χ2v) is 9.27. The van der Waals surface area contributed by atoms with E-state index in [2.05, 4.69) is 4.98 Å². The van der Waals surface area contributed by atoms with E-state index in [0.717, 1.165) is 87.4 Å². The summed E-state index contributed by atoms with van der Waals surface area (Å²) < 4.78 is 12.2. The van der Waals surface area contributed by atoms with E-state index < -0.39 is 0 Å². The maximum Gasteiger partial charge on any atom is 0.253 e. The highest BCUT2D eigenvalue weighted by Crippen LogP contribution is 2.39. The molecule has 1 aliphatic carbocycles. The van der Waals surface area contributed by atoms with E-state index in [1.54, 1.807) is 0 Å². The van der Waals surface area contributed by atoms with E-state index in [0.29, 0.717) is 5.92 Å². The summed E-state index contributed by atoms with van der Waals surface area (Å²) in [6, 6.07) is 7.93. The number of fused-ring (bicyclic) bond motifs is 1. The van der Waals surface area contributed by atoms with Crippen molar-refractivity contribution < 1.29 is 14.3 Å². The molecule has 1 spiro atoms. The average Bonchev–Trinajstić information content (AvgIpc) is 3.45. The van der Waals surface area contributed by atoms with Gasteiger partial charge in [-0.2, -0.15) is 0 Å². The van der Waals surface area contributed by atoms with Gasteiger partial charge in [0.1, 0.15) is 0 Å². The van der Waals surface area contributed by atoms with Gasteiger partial charge in [-0.1, -0.05) is 0 Å². The number of carbonyl (C=O) groups excluding carboxylic acids is 1. The summed E-state index contributed by atoms with van der Waals surface area (Å²) in [7, 11) is 0. The van der Waals surface area contributed by atoms with Crippen molar-refractivity contribution in [3.63, 3.8) is 0 Å². The molecule has 2 aliphatic heterocycles. The van der Waals surface area contributed by atoms with Gasteiger partial charge >= 0.3 is 0 Å². The van der Waals surface area contributed by atoms with E-state index in [1.807, 2.05) is 35.4 Å². The normalized spacial score (nSPS) is 24.3. The largest absolute Gasteiger partial charge is 0.381 e. The van der Waals surface area contributed by atoms with Gasteiger partial charge in [-0.25, -0.2) is 0 Å². The Morgan fingerprint density at radius 3 is 2.86 bits per heavy atom. The van der Waals surface area contributed by atoms with Crippen molar-refractivity contribution in [3.8, 4) is 0 Å². The summed E-state index contributed by atoms with van der Waals surface area (Å²) in [5, 5.41) is 1.09. The molecule has 1 saturated carbocycles. The first kappa shape index (κ1) is 19.1. The Balaban J connectivity index is 1.14. The fourth-order valence-corrected chi connectivity index (χ4v) is 4.99. The number of likely N-dealkylation sites (tertiary alicyclic amines) is 1. The number of piperidine rings is 1. The molecule has 1 atom stereocenters. The molecule has 156 valence electrons. The van der Waals surface area contributed by atoms with Gasteiger partial charge in [0, 0.05) is 55.6 Å². The predicted octanol–water partition coefficient (Wildman–Crippen LogP) is 4.39. The highest BCUT2D eigenvalue weighted by atomic mass is 16.5. The number of aromatic nitrogens is 1. The zero-order valence-corrected chi connectivity index (χ0v) is 17.2. The van der Waals surface area contributed by atoms with Crippen LogP contribution >= 0.6 is 0 Å². The zero-order chi connectivity index (χ0) is 19.7. The number of nitrogens with zero attached hydrogens (tertiary/aromatic N) is 1. The third-order valence-electron chi connectivity index (χ3n) is 7.08. The Hall–Kier alpha value is -1.85. The first-order valence-corrected chi connectivity index (χ1v) is 11.3. The summed E-state index contributed by atoms with van der Waals surface area (Å²) in [6.07, 6.45) is 9.94. The van der Waals surface area contributed by atoms with Gasteiger partial charge in [0.05, 0.1) is 5.60 Å². The fourth-order valence-electron chi connectivity index (χ4n) is 4.99. The highest BCUT2D eigenvalue weighted by Gasteiger charge is 2.41. The lowest BCUT2D eigenvalue weighted by atomic mass is 9.78. The van der Waals surface area contributed by atoms with Crippen LogP contribution in [0.15, 0.2) is 30.5 Å². The van der Waals surface area contributed by atoms with Gasteiger partial charge in [0.15, 0.2) is 0 Å². The topological polar surface area (TPSA) is 54.6 Å². The van der Waals surface area contributed by atoms with Gasteiger partial charge in [0.25, 0.3) is 5.91 Å². The molecule has 0 bridgehead atoms. The first-order chi connectivity index (χ1) is 14.2. The summed E-state index contributed by atoms with van der Waals surface area (Å²) >= 11 is 0. The average molecular weight is 397 g/mol. The molecule has 1 unspecified atom stereocenters. The van der Waals surface area contributed by atoms with E-state index >= 15 is 0 Å². The van der Waals surface area contributed by atoms with Crippen molar-refractivity contribution >= 4 is 16.8 Å². The molecule has 2 aromatic rings. The molecular weight excluding hydrogens is 364 g/mol. The number of hydrogen-bond acceptors (Lipinski definition) is 3. The third-order valence-corrected chi connectivity index (χ3v) is 7.08. The van der Waals surface area contributed by atoms with Crippen molar-refractivity contribution in [3.05, 3.63) is 36.0 Å². The number of rotatable bonds is 6. The minimum Gasteiger partial charge on any atom is -0.381 e. The Labute approximate surface area is 172 Å². The maximum absolute atomic E-state index is 13.0. The number of hydrogen-bond donors (Lipinski definition) is 1. The maximum atomic E-state index is 13.0. The monoisotopic (exact) mass is 396 g/mol. The minimum atomic E-state index is -0.0270. The van der Waals surface area contributed by atoms with Crippen LogP contribution in [0.5, 0.6) is 0 Å². The van der Waals surface area contributed by atoms with Crippen molar-refractivity contribution in [2.75, 3.05) is 32.9 Å². The van der Waals surface area contributed by atoms with Crippen molar-refractivity contribution in [2.24, 2.45) is 11.8 Å². The van der Waals surface area contributed by atoms with Gasteiger partial charge in [-0.15, -0.1) is 0 Å². The number of H-pyrrole nitrogens is 1. The summed E-state index contributed by atoms with van der Waals surface area (Å²) in [4.78, 5) is 18.2. The molecule has 3 aliphatic rings. The number of amides is 1. The van der Waals surface area contributed by atoms with Crippen LogP contribution in [-0.4, -0.2) is 54.3 Å². The Morgan fingerprint density at radius 2 is 2.03 bits per heavy atom. The second kappa shape index (κ2) is 8.11. The summed E-state index contributed by atoms with van der Waals surface area (Å²) in [5.74, 6) is 1.68. The van der Waals surface area contributed by atoms with Gasteiger partial charge in [-0.05, 0) is 81.0 Å². The number of nitrogens with one attached hydrogen (secondary N) is 1. The molecule has 29 heavy (non-hydrogen) atoms. The van der Waals surface area contributed by atoms with E-state index in [-0.39, 0.29) is 11.5 Å². The van der Waals surface area contributed by atoms with Crippen LogP contribution in [0.4, 0.5) is 0 Å². The fraction of sp³-hybridized carbons (Fsp3) is 0.625. The Bertz CT molecular complexity index is 849. The zero-order valence-electron chi connectivity index (χ0n) is 17.2. The van der Waals surface area contributed by atoms with Crippen LogP contribution in [0.2, 0.25) is 0 Å². The molecule has 2 saturated heterocycles. The van der Waals surface area contributed by atoms with Crippen LogP contribution in [0.1, 0.15) is 55.3 Å². The Morgan fingerprint density at radius 1 is 1.17 bits per heavy atom. The number of ether oxygens (including phenoxy) is 2. The number of carbonyl (C=O) groups is 1. The van der Waals surface area contributed by atoms with Gasteiger partial charge in [0.2, 0.25) is 0 Å². The molecule has 1 N–H and O–H groups in total. The van der Waals surface area contributed by atoms with Crippen molar-refractivity contribution in [1.29, 1.82) is 0 Å². The van der Waals surface area contributed by atoms with Crippen molar-refractivity contribution in [2.45, 2.75) is 50.5 Å². The highest BCUT2D eigenvalue weighted by molar-refractivity contribution is 5.98. The third kappa shape index (κ3) is 4.36. The van der Waals surface area contributed by atoms with E-state index in [4.69, 9.17) is 9.47 Å². The molecule has 3 heterocycles. The van der Waals surface area contributed by atoms with Crippen LogP contribution in [0.3, 0.4) is 0 Å². The second-order valence-electron chi connectivity index (χ2n) is 9.27. The molecule has 5 heteroatoms. The molecule has 1 aromatic carbocycles. The molecule has 1 amide bonds. The molecule has 5 nitrogen and oxygen atoms in total. The quantitative estimate of drug-likeness (QED) is 0.737. The molecular formula is C24H32N2O3. The first-order valence-electron chi connectivity index (χ1n) is 11.3. The van der Waals surface area contributed by atoms with Crippen LogP contribution in [0.25, 0.3) is 10.9 Å². The van der Waals surface area contributed by atoms with Gasteiger partial charge < -0.3 is 19.4 Å².